The van der Waals surface area contributed by atoms with Gasteiger partial charge in [0.2, 0.25) is 0 Å². The van der Waals surface area contributed by atoms with E-state index in [1.807, 2.05) is 12.1 Å². The molecule has 1 aromatic carbocycles. The van der Waals surface area contributed by atoms with Crippen LogP contribution >= 0.6 is 27.5 Å². The second kappa shape index (κ2) is 6.07. The van der Waals surface area contributed by atoms with E-state index >= 15 is 0 Å². The van der Waals surface area contributed by atoms with Crippen LogP contribution in [0.4, 0.5) is 5.69 Å². The number of anilines is 1. The van der Waals surface area contributed by atoms with E-state index in [4.69, 9.17) is 11.6 Å². The summed E-state index contributed by atoms with van der Waals surface area (Å²) in [5, 5.41) is 4.30. The Kier molecular flexibility index (Phi) is 4.71. The van der Waals surface area contributed by atoms with Crippen molar-refractivity contribution in [3.8, 4) is 0 Å². The highest BCUT2D eigenvalue weighted by Gasteiger charge is 2.19. The van der Waals surface area contributed by atoms with Gasteiger partial charge in [-0.15, -0.1) is 0 Å². The van der Waals surface area contributed by atoms with Crippen LogP contribution in [0.25, 0.3) is 0 Å². The molecule has 1 aliphatic rings. The summed E-state index contributed by atoms with van der Waals surface area (Å²) in [7, 11) is 0. The Bertz CT molecular complexity index is 376. The molecular weight excluding hydrogens is 300 g/mol. The Morgan fingerprint density at radius 1 is 1.41 bits per heavy atom. The molecule has 1 aliphatic heterocycles. The van der Waals surface area contributed by atoms with E-state index in [0.717, 1.165) is 29.1 Å². The van der Waals surface area contributed by atoms with Crippen molar-refractivity contribution < 1.29 is 0 Å². The summed E-state index contributed by atoms with van der Waals surface area (Å²) < 4.78 is 1.09. The van der Waals surface area contributed by atoms with Gasteiger partial charge in [0.1, 0.15) is 0 Å². The van der Waals surface area contributed by atoms with Crippen molar-refractivity contribution in [1.29, 1.82) is 0 Å². The average Bonchev–Trinajstić information content (AvgIpc) is 2.31. The van der Waals surface area contributed by atoms with Gasteiger partial charge in [-0.1, -0.05) is 18.5 Å². The van der Waals surface area contributed by atoms with Crippen LogP contribution in [0, 0.1) is 0 Å². The molecule has 0 radical (unpaired) electrons. The fourth-order valence-electron chi connectivity index (χ4n) is 2.35. The summed E-state index contributed by atoms with van der Waals surface area (Å²) in [5.41, 5.74) is 1.25. The van der Waals surface area contributed by atoms with Crippen molar-refractivity contribution in [2.45, 2.75) is 25.8 Å². The molecule has 0 saturated carbocycles. The van der Waals surface area contributed by atoms with E-state index in [-0.39, 0.29) is 0 Å². The quantitative estimate of drug-likeness (QED) is 0.915. The molecule has 1 heterocycles. The summed E-state index contributed by atoms with van der Waals surface area (Å²) >= 11 is 9.55. The number of halogens is 2. The fourth-order valence-corrected chi connectivity index (χ4v) is 3.28. The van der Waals surface area contributed by atoms with Gasteiger partial charge in [0.15, 0.2) is 0 Å². The topological polar surface area (TPSA) is 15.3 Å². The number of hydrogen-bond donors (Lipinski definition) is 1. The maximum atomic E-state index is 5.96. The van der Waals surface area contributed by atoms with Gasteiger partial charge in [0, 0.05) is 28.6 Å². The first-order valence-electron chi connectivity index (χ1n) is 6.14. The maximum absolute atomic E-state index is 5.96. The minimum Gasteiger partial charge on any atom is -0.371 e. The molecule has 0 spiro atoms. The zero-order valence-electron chi connectivity index (χ0n) is 10.0. The summed E-state index contributed by atoms with van der Waals surface area (Å²) in [4.78, 5) is 2.42. The lowest BCUT2D eigenvalue weighted by Crippen LogP contribution is -2.42. The van der Waals surface area contributed by atoms with Crippen molar-refractivity contribution in [1.82, 2.24) is 5.32 Å². The Balaban J connectivity index is 2.00. The number of rotatable bonds is 3. The number of piperidine rings is 1. The van der Waals surface area contributed by atoms with Crippen LogP contribution in [0.15, 0.2) is 22.7 Å². The van der Waals surface area contributed by atoms with Crippen LogP contribution in [-0.4, -0.2) is 25.7 Å². The molecular formula is C13H18BrClN2. The van der Waals surface area contributed by atoms with Crippen LogP contribution in [0.2, 0.25) is 5.02 Å². The molecule has 1 fully saturated rings. The molecule has 0 bridgehead atoms. The molecule has 1 aromatic rings. The Labute approximate surface area is 116 Å². The van der Waals surface area contributed by atoms with Crippen molar-refractivity contribution >= 4 is 33.2 Å². The third-order valence-electron chi connectivity index (χ3n) is 3.24. The molecule has 1 N–H and O–H groups in total. The molecule has 2 nitrogen and oxygen atoms in total. The normalized spacial score (nSPS) is 17.5. The van der Waals surface area contributed by atoms with E-state index in [9.17, 15) is 0 Å². The van der Waals surface area contributed by atoms with E-state index in [1.54, 1.807) is 0 Å². The molecule has 0 amide bonds. The average molecular weight is 318 g/mol. The van der Waals surface area contributed by atoms with Gasteiger partial charge in [-0.3, -0.25) is 0 Å². The van der Waals surface area contributed by atoms with Crippen molar-refractivity contribution in [3.63, 3.8) is 0 Å². The van der Waals surface area contributed by atoms with Gasteiger partial charge in [0.25, 0.3) is 0 Å². The standard InChI is InChI=1S/C13H18BrClN2/c1-2-16-11-5-7-17(8-6-11)13-4-3-10(15)9-12(13)14/h3-4,9,11,16H,2,5-8H2,1H3. The first-order valence-corrected chi connectivity index (χ1v) is 7.31. The second-order valence-electron chi connectivity index (χ2n) is 4.41. The minimum absolute atomic E-state index is 0.683. The highest BCUT2D eigenvalue weighted by atomic mass is 79.9. The number of nitrogens with zero attached hydrogens (tertiary/aromatic N) is 1. The second-order valence-corrected chi connectivity index (χ2v) is 5.71. The van der Waals surface area contributed by atoms with Gasteiger partial charge in [0.05, 0.1) is 5.69 Å². The van der Waals surface area contributed by atoms with Crippen LogP contribution in [-0.2, 0) is 0 Å². The lowest BCUT2D eigenvalue weighted by atomic mass is 10.0. The predicted molar refractivity (Wildman–Crippen MR) is 78.1 cm³/mol. The zero-order valence-corrected chi connectivity index (χ0v) is 12.4. The summed E-state index contributed by atoms with van der Waals surface area (Å²) in [5.74, 6) is 0. The molecule has 17 heavy (non-hydrogen) atoms. The third-order valence-corrected chi connectivity index (χ3v) is 4.11. The number of benzene rings is 1. The van der Waals surface area contributed by atoms with E-state index < -0.39 is 0 Å². The minimum atomic E-state index is 0.683. The van der Waals surface area contributed by atoms with Crippen molar-refractivity contribution in [2.75, 3.05) is 24.5 Å². The van der Waals surface area contributed by atoms with E-state index in [0.29, 0.717) is 6.04 Å². The Morgan fingerprint density at radius 3 is 2.71 bits per heavy atom. The largest absolute Gasteiger partial charge is 0.371 e. The zero-order chi connectivity index (χ0) is 12.3. The number of hydrogen-bond acceptors (Lipinski definition) is 2. The van der Waals surface area contributed by atoms with Gasteiger partial charge in [-0.05, 0) is 53.5 Å². The third kappa shape index (κ3) is 3.36. The molecule has 0 aromatic heterocycles. The van der Waals surface area contributed by atoms with Crippen molar-refractivity contribution in [2.24, 2.45) is 0 Å². The summed E-state index contributed by atoms with van der Waals surface area (Å²) in [6.07, 6.45) is 2.42. The number of nitrogens with one attached hydrogen (secondary N) is 1. The Morgan fingerprint density at radius 2 is 2.12 bits per heavy atom. The highest BCUT2D eigenvalue weighted by molar-refractivity contribution is 9.10. The fraction of sp³-hybridized carbons (Fsp3) is 0.538. The van der Waals surface area contributed by atoms with Gasteiger partial charge < -0.3 is 10.2 Å². The smallest absolute Gasteiger partial charge is 0.0511 e. The first-order chi connectivity index (χ1) is 8.20. The van der Waals surface area contributed by atoms with E-state index in [1.165, 1.54) is 18.5 Å². The predicted octanol–water partition coefficient (Wildman–Crippen LogP) is 3.68. The summed E-state index contributed by atoms with van der Waals surface area (Å²) in [6.45, 7) is 5.45. The van der Waals surface area contributed by atoms with E-state index in [2.05, 4.69) is 39.1 Å². The first kappa shape index (κ1) is 13.2. The molecule has 0 atom stereocenters. The van der Waals surface area contributed by atoms with Gasteiger partial charge in [-0.2, -0.15) is 0 Å². The van der Waals surface area contributed by atoms with Crippen LogP contribution in [0.3, 0.4) is 0 Å². The monoisotopic (exact) mass is 316 g/mol. The lowest BCUT2D eigenvalue weighted by Gasteiger charge is -2.34. The van der Waals surface area contributed by atoms with Gasteiger partial charge in [-0.25, -0.2) is 0 Å². The lowest BCUT2D eigenvalue weighted by molar-refractivity contribution is 0.424. The molecule has 94 valence electrons. The van der Waals surface area contributed by atoms with Crippen LogP contribution in [0.5, 0.6) is 0 Å². The van der Waals surface area contributed by atoms with Gasteiger partial charge >= 0.3 is 0 Å². The van der Waals surface area contributed by atoms with Crippen molar-refractivity contribution in [3.05, 3.63) is 27.7 Å². The van der Waals surface area contributed by atoms with Crippen LogP contribution < -0.4 is 10.2 Å². The Hall–Kier alpha value is -0.250. The maximum Gasteiger partial charge on any atom is 0.0511 e. The molecule has 0 unspecified atom stereocenters. The van der Waals surface area contributed by atoms with Crippen LogP contribution in [0.1, 0.15) is 19.8 Å². The molecule has 2 rings (SSSR count). The SMILES string of the molecule is CCNC1CCN(c2ccc(Cl)cc2Br)CC1. The molecule has 1 saturated heterocycles. The summed E-state index contributed by atoms with van der Waals surface area (Å²) in [6, 6.07) is 6.70. The molecule has 0 aliphatic carbocycles. The highest BCUT2D eigenvalue weighted by Crippen LogP contribution is 2.30. The molecule has 4 heteroatoms.